The fraction of sp³-hybridized carbons (Fsp3) is 0.250. The van der Waals surface area contributed by atoms with Crippen LogP contribution in [0.2, 0.25) is 10.4 Å². The zero-order valence-electron chi connectivity index (χ0n) is 8.28. The lowest BCUT2D eigenvalue weighted by Crippen LogP contribution is -2.09. The molecule has 0 fully saturated rings. The van der Waals surface area contributed by atoms with Crippen LogP contribution in [0.5, 0.6) is 0 Å². The molecular formula is C8H8Cl2N6. The Labute approximate surface area is 101 Å². The summed E-state index contributed by atoms with van der Waals surface area (Å²) in [6.45, 7) is 1.94. The van der Waals surface area contributed by atoms with E-state index in [9.17, 15) is 0 Å². The van der Waals surface area contributed by atoms with Crippen LogP contribution in [0.3, 0.4) is 0 Å². The van der Waals surface area contributed by atoms with Gasteiger partial charge in [-0.3, -0.25) is 5.10 Å². The van der Waals surface area contributed by atoms with Crippen molar-refractivity contribution in [2.45, 2.75) is 13.0 Å². The van der Waals surface area contributed by atoms with Crippen molar-refractivity contribution < 1.29 is 0 Å². The summed E-state index contributed by atoms with van der Waals surface area (Å²) >= 11 is 11.4. The number of anilines is 1. The summed E-state index contributed by atoms with van der Waals surface area (Å²) in [6.07, 6.45) is 3.49. The Morgan fingerprint density at radius 3 is 2.88 bits per heavy atom. The van der Waals surface area contributed by atoms with E-state index < -0.39 is 0 Å². The molecule has 1 atom stereocenters. The third kappa shape index (κ3) is 2.40. The maximum absolute atomic E-state index is 5.82. The summed E-state index contributed by atoms with van der Waals surface area (Å²) in [5, 5.41) is 17.0. The summed E-state index contributed by atoms with van der Waals surface area (Å²) in [5.41, 5.74) is 0.978. The van der Waals surface area contributed by atoms with Gasteiger partial charge in [0.05, 0.1) is 12.2 Å². The van der Waals surface area contributed by atoms with Gasteiger partial charge >= 0.3 is 0 Å². The summed E-state index contributed by atoms with van der Waals surface area (Å²) in [4.78, 5) is 3.94. The lowest BCUT2D eigenvalue weighted by atomic mass is 10.2. The van der Waals surface area contributed by atoms with Gasteiger partial charge in [-0.15, -0.1) is 10.2 Å². The highest BCUT2D eigenvalue weighted by atomic mass is 35.5. The smallest absolute Gasteiger partial charge is 0.245 e. The Hall–Kier alpha value is -1.40. The SMILES string of the molecule is CC(Nc1nc(Cl)nnc1Cl)c1cn[nH]c1. The van der Waals surface area contributed by atoms with E-state index in [1.165, 1.54) is 0 Å². The molecule has 8 heteroatoms. The van der Waals surface area contributed by atoms with E-state index in [1.54, 1.807) is 12.4 Å². The zero-order valence-corrected chi connectivity index (χ0v) is 9.79. The van der Waals surface area contributed by atoms with Crippen LogP contribution in [0.1, 0.15) is 18.5 Å². The minimum absolute atomic E-state index is 0.0102. The van der Waals surface area contributed by atoms with Crippen molar-refractivity contribution in [1.82, 2.24) is 25.4 Å². The maximum atomic E-state index is 5.82. The minimum Gasteiger partial charge on any atom is -0.361 e. The van der Waals surface area contributed by atoms with Crippen LogP contribution in [-0.2, 0) is 0 Å². The third-order valence-electron chi connectivity index (χ3n) is 1.99. The maximum Gasteiger partial charge on any atom is 0.245 e. The van der Waals surface area contributed by atoms with Crippen molar-refractivity contribution in [2.75, 3.05) is 5.32 Å². The minimum atomic E-state index is -0.0102. The molecule has 2 rings (SSSR count). The molecule has 0 bridgehead atoms. The van der Waals surface area contributed by atoms with Crippen molar-refractivity contribution in [2.24, 2.45) is 0 Å². The van der Waals surface area contributed by atoms with Gasteiger partial charge in [-0.1, -0.05) is 11.6 Å². The van der Waals surface area contributed by atoms with E-state index >= 15 is 0 Å². The summed E-state index contributed by atoms with van der Waals surface area (Å²) < 4.78 is 0. The van der Waals surface area contributed by atoms with Crippen LogP contribution in [0.4, 0.5) is 5.82 Å². The Kier molecular flexibility index (Phi) is 3.21. The second kappa shape index (κ2) is 4.63. The van der Waals surface area contributed by atoms with Gasteiger partial charge in [-0.25, -0.2) is 0 Å². The molecule has 0 aliphatic rings. The number of halogens is 2. The van der Waals surface area contributed by atoms with E-state index in [4.69, 9.17) is 23.2 Å². The first-order valence-corrected chi connectivity index (χ1v) is 5.23. The van der Waals surface area contributed by atoms with Gasteiger partial charge in [-0.05, 0) is 18.5 Å². The van der Waals surface area contributed by atoms with Gasteiger partial charge in [0.25, 0.3) is 0 Å². The number of hydrogen-bond donors (Lipinski definition) is 2. The first-order chi connectivity index (χ1) is 7.66. The highest BCUT2D eigenvalue weighted by Gasteiger charge is 2.11. The molecule has 0 radical (unpaired) electrons. The molecule has 0 aromatic carbocycles. The van der Waals surface area contributed by atoms with Crippen LogP contribution in [-0.4, -0.2) is 25.4 Å². The zero-order chi connectivity index (χ0) is 11.5. The summed E-state index contributed by atoms with van der Waals surface area (Å²) in [7, 11) is 0. The normalized spacial score (nSPS) is 12.4. The average molecular weight is 259 g/mol. The van der Waals surface area contributed by atoms with Crippen molar-refractivity contribution in [1.29, 1.82) is 0 Å². The van der Waals surface area contributed by atoms with E-state index in [1.807, 2.05) is 6.92 Å². The molecule has 84 valence electrons. The number of H-pyrrole nitrogens is 1. The van der Waals surface area contributed by atoms with Crippen molar-refractivity contribution >= 4 is 29.0 Å². The van der Waals surface area contributed by atoms with Crippen LogP contribution in [0, 0.1) is 0 Å². The number of aromatic amines is 1. The average Bonchev–Trinajstić information content (AvgIpc) is 2.76. The standard InChI is InChI=1S/C8H8Cl2N6/c1-4(5-2-11-12-3-5)13-7-6(9)15-16-8(10)14-7/h2-4H,1H3,(H,11,12)(H,13,14,16). The largest absolute Gasteiger partial charge is 0.361 e. The molecule has 0 saturated carbocycles. The molecule has 2 aromatic heterocycles. The van der Waals surface area contributed by atoms with Gasteiger partial charge in [0.1, 0.15) is 0 Å². The van der Waals surface area contributed by atoms with Gasteiger partial charge in [-0.2, -0.15) is 10.1 Å². The number of nitrogens with one attached hydrogen (secondary N) is 2. The Bertz CT molecular complexity index is 471. The predicted octanol–water partition coefficient (Wildman–Crippen LogP) is 2.07. The molecule has 6 nitrogen and oxygen atoms in total. The Morgan fingerprint density at radius 2 is 2.19 bits per heavy atom. The van der Waals surface area contributed by atoms with Crippen LogP contribution in [0.15, 0.2) is 12.4 Å². The Balaban J connectivity index is 2.17. The lowest BCUT2D eigenvalue weighted by molar-refractivity contribution is 0.860. The molecule has 2 aromatic rings. The predicted molar refractivity (Wildman–Crippen MR) is 60.5 cm³/mol. The Morgan fingerprint density at radius 1 is 1.38 bits per heavy atom. The second-order valence-electron chi connectivity index (χ2n) is 3.12. The molecule has 0 spiro atoms. The van der Waals surface area contributed by atoms with E-state index in [0.29, 0.717) is 5.82 Å². The first-order valence-electron chi connectivity index (χ1n) is 4.47. The molecule has 16 heavy (non-hydrogen) atoms. The van der Waals surface area contributed by atoms with E-state index in [2.05, 4.69) is 30.7 Å². The van der Waals surface area contributed by atoms with Gasteiger partial charge < -0.3 is 5.32 Å². The summed E-state index contributed by atoms with van der Waals surface area (Å²) in [5.74, 6) is 0.398. The van der Waals surface area contributed by atoms with Crippen LogP contribution < -0.4 is 5.32 Å². The van der Waals surface area contributed by atoms with Crippen LogP contribution in [0.25, 0.3) is 0 Å². The molecule has 2 heterocycles. The van der Waals surface area contributed by atoms with Gasteiger partial charge in [0, 0.05) is 11.8 Å². The van der Waals surface area contributed by atoms with E-state index in [-0.39, 0.29) is 16.5 Å². The first kappa shape index (κ1) is 11.1. The fourth-order valence-electron chi connectivity index (χ4n) is 1.17. The lowest BCUT2D eigenvalue weighted by Gasteiger charge is -2.12. The van der Waals surface area contributed by atoms with Crippen molar-refractivity contribution in [3.8, 4) is 0 Å². The highest BCUT2D eigenvalue weighted by Crippen LogP contribution is 2.22. The molecule has 0 saturated heterocycles. The number of hydrogen-bond acceptors (Lipinski definition) is 5. The molecule has 0 amide bonds. The monoisotopic (exact) mass is 258 g/mol. The van der Waals surface area contributed by atoms with Crippen molar-refractivity contribution in [3.63, 3.8) is 0 Å². The highest BCUT2D eigenvalue weighted by molar-refractivity contribution is 6.32. The van der Waals surface area contributed by atoms with Crippen molar-refractivity contribution in [3.05, 3.63) is 28.4 Å². The number of aromatic nitrogens is 5. The molecule has 1 unspecified atom stereocenters. The molecular weight excluding hydrogens is 251 g/mol. The summed E-state index contributed by atoms with van der Waals surface area (Å²) in [6, 6.07) is -0.0102. The van der Waals surface area contributed by atoms with Crippen LogP contribution >= 0.6 is 23.2 Å². The number of rotatable bonds is 3. The third-order valence-corrected chi connectivity index (χ3v) is 2.41. The molecule has 0 aliphatic heterocycles. The fourth-order valence-corrected chi connectivity index (χ4v) is 1.43. The quantitative estimate of drug-likeness (QED) is 0.882. The topological polar surface area (TPSA) is 79.4 Å². The van der Waals surface area contributed by atoms with Gasteiger partial charge in [0.2, 0.25) is 5.28 Å². The van der Waals surface area contributed by atoms with E-state index in [0.717, 1.165) is 5.56 Å². The molecule has 2 N–H and O–H groups in total. The van der Waals surface area contributed by atoms with Gasteiger partial charge in [0.15, 0.2) is 11.0 Å². The molecule has 0 aliphatic carbocycles. The second-order valence-corrected chi connectivity index (χ2v) is 3.81. The number of nitrogens with zero attached hydrogens (tertiary/aromatic N) is 4.